The molecule has 2 aromatic heterocycles. The third kappa shape index (κ3) is 4.17. The Morgan fingerprint density at radius 2 is 1.81 bits per heavy atom. The van der Waals surface area contributed by atoms with Crippen LogP contribution in [-0.4, -0.2) is 40.3 Å². The van der Waals surface area contributed by atoms with E-state index in [0.29, 0.717) is 28.2 Å². The molecule has 2 heterocycles. The number of pyridine rings is 1. The molecule has 1 amide bonds. The Kier molecular flexibility index (Phi) is 5.52. The average molecular weight is 421 g/mol. The Morgan fingerprint density at radius 1 is 1.00 bits per heavy atom. The summed E-state index contributed by atoms with van der Waals surface area (Å²) < 4.78 is 31.1. The van der Waals surface area contributed by atoms with E-state index < -0.39 is 11.7 Å². The molecule has 0 aliphatic rings. The van der Waals surface area contributed by atoms with Crippen LogP contribution in [0.25, 0.3) is 10.9 Å². The number of aromatic nitrogens is 4. The highest BCUT2D eigenvalue weighted by Crippen LogP contribution is 2.37. The van der Waals surface area contributed by atoms with E-state index >= 15 is 0 Å². The maximum Gasteiger partial charge on any atom is 0.277 e. The SMILES string of the molecule is COc1cc2nccc(Oc3ccc(NC(=O)c4cncnn4)cc3F)c2cc1OC. The molecular formula is C21H16FN5O4. The highest BCUT2D eigenvalue weighted by Gasteiger charge is 2.14. The van der Waals surface area contributed by atoms with Gasteiger partial charge in [0.2, 0.25) is 0 Å². The second kappa shape index (κ2) is 8.57. The fraction of sp³-hybridized carbons (Fsp3) is 0.0952. The third-order valence-electron chi connectivity index (χ3n) is 4.33. The van der Waals surface area contributed by atoms with E-state index in [2.05, 4.69) is 25.5 Å². The monoisotopic (exact) mass is 421 g/mol. The van der Waals surface area contributed by atoms with Crippen LogP contribution in [0.2, 0.25) is 0 Å². The molecule has 0 bridgehead atoms. The second-order valence-electron chi connectivity index (χ2n) is 6.23. The molecule has 0 saturated carbocycles. The first-order chi connectivity index (χ1) is 15.1. The number of carbonyl (C=O) groups is 1. The molecule has 0 fully saturated rings. The van der Waals surface area contributed by atoms with Crippen LogP contribution in [0.1, 0.15) is 10.5 Å². The van der Waals surface area contributed by atoms with Gasteiger partial charge >= 0.3 is 0 Å². The van der Waals surface area contributed by atoms with Gasteiger partial charge in [-0.05, 0) is 24.3 Å². The number of carbonyl (C=O) groups excluding carboxylic acids is 1. The Balaban J connectivity index is 1.60. The number of hydrogen-bond donors (Lipinski definition) is 1. The quantitative estimate of drug-likeness (QED) is 0.503. The lowest BCUT2D eigenvalue weighted by Gasteiger charge is -2.13. The molecule has 0 radical (unpaired) electrons. The number of ether oxygens (including phenoxy) is 3. The van der Waals surface area contributed by atoms with E-state index in [0.717, 1.165) is 6.07 Å². The van der Waals surface area contributed by atoms with Crippen molar-refractivity contribution in [3.05, 3.63) is 66.6 Å². The minimum Gasteiger partial charge on any atom is -0.493 e. The normalized spacial score (nSPS) is 10.5. The standard InChI is InChI=1S/C21H16FN5O4/c1-29-19-8-13-15(9-20(19)30-2)24-6-5-17(13)31-18-4-3-12(7-14(18)22)26-21(28)16-10-23-11-25-27-16/h3-11H,1-2H3,(H,26,28). The van der Waals surface area contributed by atoms with Crippen molar-refractivity contribution < 1.29 is 23.4 Å². The molecule has 0 atom stereocenters. The fourth-order valence-corrected chi connectivity index (χ4v) is 2.86. The molecule has 2 aromatic carbocycles. The van der Waals surface area contributed by atoms with Gasteiger partial charge in [-0.25, -0.2) is 9.37 Å². The van der Waals surface area contributed by atoms with Gasteiger partial charge in [0.05, 0.1) is 25.9 Å². The van der Waals surface area contributed by atoms with Gasteiger partial charge in [0.1, 0.15) is 12.1 Å². The number of fused-ring (bicyclic) bond motifs is 1. The lowest BCUT2D eigenvalue weighted by molar-refractivity contribution is 0.102. The molecule has 156 valence electrons. The first kappa shape index (κ1) is 20.0. The molecule has 0 saturated heterocycles. The molecule has 1 N–H and O–H groups in total. The lowest BCUT2D eigenvalue weighted by atomic mass is 10.2. The topological polar surface area (TPSA) is 108 Å². The summed E-state index contributed by atoms with van der Waals surface area (Å²) in [6.07, 6.45) is 4.01. The Hall–Kier alpha value is -4.34. The van der Waals surface area contributed by atoms with Crippen molar-refractivity contribution in [2.75, 3.05) is 19.5 Å². The highest BCUT2D eigenvalue weighted by molar-refractivity contribution is 6.02. The summed E-state index contributed by atoms with van der Waals surface area (Å²) in [5, 5.41) is 10.3. The predicted molar refractivity (Wildman–Crippen MR) is 109 cm³/mol. The van der Waals surface area contributed by atoms with E-state index in [1.807, 2.05) is 0 Å². The number of hydrogen-bond acceptors (Lipinski definition) is 8. The van der Waals surface area contributed by atoms with Crippen LogP contribution in [-0.2, 0) is 0 Å². The zero-order valence-corrected chi connectivity index (χ0v) is 16.5. The van der Waals surface area contributed by atoms with E-state index in [9.17, 15) is 9.18 Å². The Morgan fingerprint density at radius 3 is 2.52 bits per heavy atom. The van der Waals surface area contributed by atoms with Gasteiger partial charge in [0.15, 0.2) is 28.8 Å². The molecule has 0 spiro atoms. The molecule has 0 aliphatic carbocycles. The van der Waals surface area contributed by atoms with Crippen LogP contribution in [0.3, 0.4) is 0 Å². The summed E-state index contributed by atoms with van der Waals surface area (Å²) in [5.41, 5.74) is 0.833. The largest absolute Gasteiger partial charge is 0.493 e. The zero-order chi connectivity index (χ0) is 21.8. The molecule has 0 aliphatic heterocycles. The molecule has 31 heavy (non-hydrogen) atoms. The van der Waals surface area contributed by atoms with E-state index in [1.165, 1.54) is 38.9 Å². The molecule has 4 aromatic rings. The maximum absolute atomic E-state index is 14.7. The van der Waals surface area contributed by atoms with Crippen molar-refractivity contribution in [2.24, 2.45) is 0 Å². The maximum atomic E-state index is 14.7. The average Bonchev–Trinajstić information content (AvgIpc) is 2.80. The summed E-state index contributed by atoms with van der Waals surface area (Å²) in [4.78, 5) is 20.1. The van der Waals surface area contributed by atoms with Crippen LogP contribution in [0.4, 0.5) is 10.1 Å². The van der Waals surface area contributed by atoms with Crippen molar-refractivity contribution >= 4 is 22.5 Å². The van der Waals surface area contributed by atoms with Gasteiger partial charge < -0.3 is 19.5 Å². The fourth-order valence-electron chi connectivity index (χ4n) is 2.86. The number of amides is 1. The lowest BCUT2D eigenvalue weighted by Crippen LogP contribution is -2.14. The number of benzene rings is 2. The first-order valence-electron chi connectivity index (χ1n) is 9.01. The number of anilines is 1. The summed E-state index contributed by atoms with van der Waals surface area (Å²) in [5.74, 6) is 0.137. The smallest absolute Gasteiger partial charge is 0.277 e. The van der Waals surface area contributed by atoms with Crippen LogP contribution < -0.4 is 19.5 Å². The van der Waals surface area contributed by atoms with Crippen molar-refractivity contribution in [1.29, 1.82) is 0 Å². The minimum atomic E-state index is -0.666. The Bertz CT molecular complexity index is 1250. The minimum absolute atomic E-state index is 0.0101. The van der Waals surface area contributed by atoms with Crippen molar-refractivity contribution in [3.63, 3.8) is 0 Å². The van der Waals surface area contributed by atoms with E-state index in [4.69, 9.17) is 14.2 Å². The first-order valence-corrected chi connectivity index (χ1v) is 9.01. The number of halogens is 1. The molecule has 9 nitrogen and oxygen atoms in total. The number of methoxy groups -OCH3 is 2. The van der Waals surface area contributed by atoms with Gasteiger partial charge in [-0.2, -0.15) is 0 Å². The summed E-state index contributed by atoms with van der Waals surface area (Å²) in [6.45, 7) is 0. The molecular weight excluding hydrogens is 405 g/mol. The van der Waals surface area contributed by atoms with Crippen LogP contribution in [0.5, 0.6) is 23.0 Å². The van der Waals surface area contributed by atoms with E-state index in [1.54, 1.807) is 24.4 Å². The van der Waals surface area contributed by atoms with Gasteiger partial charge in [-0.3, -0.25) is 9.78 Å². The van der Waals surface area contributed by atoms with Crippen molar-refractivity contribution in [1.82, 2.24) is 20.2 Å². The third-order valence-corrected chi connectivity index (χ3v) is 4.33. The van der Waals surface area contributed by atoms with Crippen LogP contribution >= 0.6 is 0 Å². The van der Waals surface area contributed by atoms with Gasteiger partial charge in [0, 0.05) is 29.4 Å². The predicted octanol–water partition coefficient (Wildman–Crippen LogP) is 3.62. The number of rotatable bonds is 6. The second-order valence-corrected chi connectivity index (χ2v) is 6.23. The Labute approximate surface area is 175 Å². The van der Waals surface area contributed by atoms with Gasteiger partial charge in [0.25, 0.3) is 5.91 Å². The summed E-state index contributed by atoms with van der Waals surface area (Å²) in [7, 11) is 3.05. The van der Waals surface area contributed by atoms with Gasteiger partial charge in [-0.15, -0.1) is 10.2 Å². The van der Waals surface area contributed by atoms with Crippen LogP contribution in [0, 0.1) is 5.82 Å². The van der Waals surface area contributed by atoms with Crippen molar-refractivity contribution in [3.8, 4) is 23.0 Å². The van der Waals surface area contributed by atoms with Crippen LogP contribution in [0.15, 0.2) is 55.1 Å². The zero-order valence-electron chi connectivity index (χ0n) is 16.5. The molecule has 4 rings (SSSR count). The summed E-state index contributed by atoms with van der Waals surface area (Å²) >= 11 is 0. The van der Waals surface area contributed by atoms with E-state index in [-0.39, 0.29) is 17.1 Å². The summed E-state index contributed by atoms with van der Waals surface area (Å²) in [6, 6.07) is 9.09. The highest BCUT2D eigenvalue weighted by atomic mass is 19.1. The van der Waals surface area contributed by atoms with Crippen molar-refractivity contribution in [2.45, 2.75) is 0 Å². The number of nitrogens with zero attached hydrogens (tertiary/aromatic N) is 4. The molecule has 0 unspecified atom stereocenters. The molecule has 10 heteroatoms. The van der Waals surface area contributed by atoms with Gasteiger partial charge in [-0.1, -0.05) is 0 Å². The number of nitrogens with one attached hydrogen (secondary N) is 1.